The highest BCUT2D eigenvalue weighted by Gasteiger charge is 2.48. The van der Waals surface area contributed by atoms with Gasteiger partial charge in [-0.05, 0) is 25.9 Å². The van der Waals surface area contributed by atoms with Crippen LogP contribution in [0, 0.1) is 0 Å². The molecular formula is C17H38N6O6. The van der Waals surface area contributed by atoms with Crippen LogP contribution in [-0.2, 0) is 14.2 Å². The van der Waals surface area contributed by atoms with Crippen molar-refractivity contribution in [1.82, 2.24) is 5.32 Å². The fourth-order valence-electron chi connectivity index (χ4n) is 3.72. The molecule has 29 heavy (non-hydrogen) atoms. The quantitative estimate of drug-likeness (QED) is 0.150. The molecule has 1 saturated heterocycles. The van der Waals surface area contributed by atoms with Crippen LogP contribution < -0.4 is 34.0 Å². The van der Waals surface area contributed by atoms with Crippen LogP contribution in [0.25, 0.3) is 0 Å². The minimum Gasteiger partial charge on any atom is -0.388 e. The lowest BCUT2D eigenvalue weighted by molar-refractivity contribution is -0.289. The van der Waals surface area contributed by atoms with Crippen LogP contribution >= 0.6 is 0 Å². The van der Waals surface area contributed by atoms with Crippen molar-refractivity contribution < 1.29 is 29.5 Å². The van der Waals surface area contributed by atoms with E-state index < -0.39 is 61.0 Å². The molecule has 1 saturated carbocycles. The van der Waals surface area contributed by atoms with E-state index in [-0.39, 0.29) is 6.54 Å². The van der Waals surface area contributed by atoms with Gasteiger partial charge in [0.25, 0.3) is 0 Å². The van der Waals surface area contributed by atoms with Gasteiger partial charge in [-0.25, -0.2) is 0 Å². The summed E-state index contributed by atoms with van der Waals surface area (Å²) in [4.78, 5) is 0. The molecule has 0 aromatic carbocycles. The minimum absolute atomic E-state index is 0.0299. The summed E-state index contributed by atoms with van der Waals surface area (Å²) in [7, 11) is 0. The molecule has 2 aliphatic rings. The van der Waals surface area contributed by atoms with Gasteiger partial charge in [0.15, 0.2) is 6.29 Å². The number of nitrogens with two attached hydrogens (primary N) is 5. The molecule has 0 unspecified atom stereocenters. The Balaban J connectivity index is 1.94. The van der Waals surface area contributed by atoms with Crippen LogP contribution in [0.1, 0.15) is 12.8 Å². The zero-order valence-corrected chi connectivity index (χ0v) is 16.7. The van der Waals surface area contributed by atoms with E-state index in [0.717, 1.165) is 13.0 Å². The third-order valence-corrected chi connectivity index (χ3v) is 5.48. The molecule has 0 amide bonds. The Morgan fingerprint density at radius 1 is 0.931 bits per heavy atom. The monoisotopic (exact) mass is 422 g/mol. The third-order valence-electron chi connectivity index (χ3n) is 5.48. The largest absolute Gasteiger partial charge is 0.388 e. The van der Waals surface area contributed by atoms with Crippen LogP contribution in [0.3, 0.4) is 0 Å². The van der Waals surface area contributed by atoms with Crippen molar-refractivity contribution in [2.45, 2.75) is 73.9 Å². The molecule has 0 bridgehead atoms. The Morgan fingerprint density at radius 2 is 1.62 bits per heavy atom. The normalized spacial score (nSPS) is 43.4. The Bertz CT molecular complexity index is 478. The number of rotatable bonds is 10. The average molecular weight is 423 g/mol. The predicted octanol–water partition coefficient (Wildman–Crippen LogP) is -5.15. The highest BCUT2D eigenvalue weighted by Crippen LogP contribution is 2.28. The molecule has 172 valence electrons. The van der Waals surface area contributed by atoms with Crippen molar-refractivity contribution in [3.05, 3.63) is 0 Å². The molecule has 1 aliphatic heterocycles. The topological polar surface area (TPSA) is 231 Å². The fourth-order valence-corrected chi connectivity index (χ4v) is 3.72. The summed E-state index contributed by atoms with van der Waals surface area (Å²) in [5, 5.41) is 34.1. The summed E-state index contributed by atoms with van der Waals surface area (Å²) >= 11 is 0. The maximum Gasteiger partial charge on any atom is 0.176 e. The van der Waals surface area contributed by atoms with Crippen molar-refractivity contribution in [2.24, 2.45) is 28.7 Å². The molecule has 2 fully saturated rings. The van der Waals surface area contributed by atoms with Crippen molar-refractivity contribution in [2.75, 3.05) is 32.8 Å². The second kappa shape index (κ2) is 11.8. The Labute approximate surface area is 171 Å². The fraction of sp³-hybridized carbons (Fsp3) is 1.00. The maximum absolute atomic E-state index is 10.8. The van der Waals surface area contributed by atoms with Gasteiger partial charge < -0.3 is 63.5 Å². The van der Waals surface area contributed by atoms with E-state index in [0.29, 0.717) is 26.1 Å². The van der Waals surface area contributed by atoms with E-state index >= 15 is 0 Å². The van der Waals surface area contributed by atoms with Crippen LogP contribution in [0.5, 0.6) is 0 Å². The van der Waals surface area contributed by atoms with E-state index in [1.807, 2.05) is 0 Å². The summed E-state index contributed by atoms with van der Waals surface area (Å²) in [6.07, 6.45) is -5.90. The average Bonchev–Trinajstić information content (AvgIpc) is 2.69. The summed E-state index contributed by atoms with van der Waals surface area (Å²) in [5.41, 5.74) is 29.2. The van der Waals surface area contributed by atoms with Crippen molar-refractivity contribution in [3.63, 3.8) is 0 Å². The highest BCUT2D eigenvalue weighted by atomic mass is 16.7. The van der Waals surface area contributed by atoms with Gasteiger partial charge in [-0.2, -0.15) is 0 Å². The van der Waals surface area contributed by atoms with Crippen molar-refractivity contribution >= 4 is 0 Å². The van der Waals surface area contributed by atoms with Crippen molar-refractivity contribution in [3.8, 4) is 0 Å². The molecule has 12 nitrogen and oxygen atoms in total. The highest BCUT2D eigenvalue weighted by molar-refractivity contribution is 5.00. The van der Waals surface area contributed by atoms with Gasteiger partial charge in [0.05, 0.1) is 12.6 Å². The summed E-state index contributed by atoms with van der Waals surface area (Å²) in [5.74, 6) is 0. The van der Waals surface area contributed by atoms with E-state index in [2.05, 4.69) is 5.32 Å². The second-order valence-corrected chi connectivity index (χ2v) is 7.72. The summed E-state index contributed by atoms with van der Waals surface area (Å²) < 4.78 is 17.2. The Hall–Kier alpha value is -0.480. The molecular weight excluding hydrogens is 384 g/mol. The van der Waals surface area contributed by atoms with Gasteiger partial charge >= 0.3 is 0 Å². The zero-order valence-electron chi connectivity index (χ0n) is 16.7. The van der Waals surface area contributed by atoms with Crippen molar-refractivity contribution in [1.29, 1.82) is 0 Å². The first-order valence-electron chi connectivity index (χ1n) is 10.2. The second-order valence-electron chi connectivity index (χ2n) is 7.72. The number of aliphatic hydroxyl groups excluding tert-OH is 3. The molecule has 12 heteroatoms. The molecule has 0 aromatic rings. The molecule has 10 atom stereocenters. The molecule has 2 rings (SSSR count). The van der Waals surface area contributed by atoms with Gasteiger partial charge in [-0.3, -0.25) is 0 Å². The smallest absolute Gasteiger partial charge is 0.176 e. The van der Waals surface area contributed by atoms with E-state index in [4.69, 9.17) is 42.9 Å². The number of nitrogens with one attached hydrogen (secondary N) is 1. The van der Waals surface area contributed by atoms with E-state index in [1.165, 1.54) is 0 Å². The summed E-state index contributed by atoms with van der Waals surface area (Å²) in [6.45, 7) is 2.30. The van der Waals surface area contributed by atoms with E-state index in [1.54, 1.807) is 0 Å². The van der Waals surface area contributed by atoms with Gasteiger partial charge in [0.2, 0.25) is 0 Å². The van der Waals surface area contributed by atoms with Crippen LogP contribution in [0.4, 0.5) is 0 Å². The van der Waals surface area contributed by atoms with Crippen LogP contribution in [0.2, 0.25) is 0 Å². The lowest BCUT2D eigenvalue weighted by Gasteiger charge is -2.46. The summed E-state index contributed by atoms with van der Waals surface area (Å²) in [6, 6.07) is -2.08. The number of hydrogen-bond acceptors (Lipinski definition) is 12. The van der Waals surface area contributed by atoms with Gasteiger partial charge in [0.1, 0.15) is 36.6 Å². The van der Waals surface area contributed by atoms with Gasteiger partial charge in [0, 0.05) is 25.2 Å². The number of hydrogen-bond donors (Lipinski definition) is 9. The van der Waals surface area contributed by atoms with Gasteiger partial charge in [-0.15, -0.1) is 0 Å². The van der Waals surface area contributed by atoms with E-state index in [9.17, 15) is 15.3 Å². The predicted molar refractivity (Wildman–Crippen MR) is 105 cm³/mol. The minimum atomic E-state index is -1.28. The zero-order chi connectivity index (χ0) is 21.6. The lowest BCUT2D eigenvalue weighted by atomic mass is 9.84. The maximum atomic E-state index is 10.8. The van der Waals surface area contributed by atoms with Crippen LogP contribution in [0.15, 0.2) is 0 Å². The first-order chi connectivity index (χ1) is 13.8. The molecule has 0 radical (unpaired) electrons. The lowest BCUT2D eigenvalue weighted by Crippen LogP contribution is -2.67. The molecule has 0 aromatic heterocycles. The van der Waals surface area contributed by atoms with Gasteiger partial charge in [-0.1, -0.05) is 0 Å². The van der Waals surface area contributed by atoms with Crippen LogP contribution in [-0.4, -0.2) is 109 Å². The molecule has 1 aliphatic carbocycles. The number of aliphatic hydroxyl groups is 3. The Morgan fingerprint density at radius 3 is 2.28 bits per heavy atom. The standard InChI is InChI=1S/C17H38N6O6/c18-2-1-3-23-4-5-27-15-8(20)6-9(21)16(14(15)26)29-17-11(22)13(25)12(24)10(7-19)28-17/h8-17,23-26H,1-7,18-22H2/t8-,9+,10-,11-,12-,13-,14-,15+,16-,17-/m1/s1. The first kappa shape index (κ1) is 24.8. The first-order valence-corrected chi connectivity index (χ1v) is 10.2. The third kappa shape index (κ3) is 6.26. The molecule has 1 heterocycles. The Kier molecular flexibility index (Phi) is 10.1. The molecule has 14 N–H and O–H groups in total. The SMILES string of the molecule is NCCCNCCO[C@@H]1[C@@H](O)[C@H](O[C@H]2O[C@H](CN)[C@@H](O)[C@H](O)[C@H]2N)[C@@H](N)C[C@H]1N. The number of ether oxygens (including phenoxy) is 3. The molecule has 0 spiro atoms.